The Kier molecular flexibility index (Phi) is 5.37. The third-order valence-corrected chi connectivity index (χ3v) is 5.39. The van der Waals surface area contributed by atoms with Crippen molar-refractivity contribution in [2.45, 2.75) is 25.6 Å². The smallest absolute Gasteiger partial charge is 0.352 e. The van der Waals surface area contributed by atoms with Crippen LogP contribution in [0.3, 0.4) is 0 Å². The maximum atomic E-state index is 13.5. The van der Waals surface area contributed by atoms with E-state index >= 15 is 0 Å². The summed E-state index contributed by atoms with van der Waals surface area (Å²) in [6, 6.07) is 7.62. The number of amides is 1. The second-order valence-corrected chi connectivity index (χ2v) is 7.29. The van der Waals surface area contributed by atoms with Gasteiger partial charge in [0.25, 0.3) is 0 Å². The van der Waals surface area contributed by atoms with Crippen molar-refractivity contribution in [1.29, 1.82) is 5.26 Å². The summed E-state index contributed by atoms with van der Waals surface area (Å²) < 4.78 is 20.7. The quantitative estimate of drug-likeness (QED) is 0.746. The first-order valence-corrected chi connectivity index (χ1v) is 9.68. The van der Waals surface area contributed by atoms with E-state index in [9.17, 15) is 14.0 Å². The van der Waals surface area contributed by atoms with Gasteiger partial charge in [-0.15, -0.1) is 0 Å². The molecule has 0 radical (unpaired) electrons. The molecule has 4 rings (SSSR count). The summed E-state index contributed by atoms with van der Waals surface area (Å²) in [5, 5.41) is 8.94. The SMILES string of the molecule is N#Cc1cc(COc2cc3n(c(=O)n2)CC2CN(C(=O)CCN)CCN32)ccc1F. The van der Waals surface area contributed by atoms with Crippen LogP contribution in [0.2, 0.25) is 0 Å². The number of carbonyl (C=O) groups is 1. The fraction of sp³-hybridized carbons (Fsp3) is 0.400. The van der Waals surface area contributed by atoms with E-state index < -0.39 is 11.5 Å². The Labute approximate surface area is 172 Å². The van der Waals surface area contributed by atoms with Gasteiger partial charge in [0.1, 0.15) is 24.3 Å². The monoisotopic (exact) mass is 412 g/mol. The van der Waals surface area contributed by atoms with Crippen molar-refractivity contribution in [3.8, 4) is 11.9 Å². The predicted octanol–water partition coefficient (Wildman–Crippen LogP) is 0.213. The maximum Gasteiger partial charge on any atom is 0.352 e. The molecule has 1 aromatic carbocycles. The zero-order chi connectivity index (χ0) is 21.3. The van der Waals surface area contributed by atoms with Crippen LogP contribution in [0.25, 0.3) is 0 Å². The van der Waals surface area contributed by atoms with Crippen LogP contribution in [0.15, 0.2) is 29.1 Å². The Morgan fingerprint density at radius 3 is 2.93 bits per heavy atom. The Balaban J connectivity index is 1.49. The zero-order valence-electron chi connectivity index (χ0n) is 16.3. The van der Waals surface area contributed by atoms with E-state index in [1.165, 1.54) is 18.2 Å². The average molecular weight is 412 g/mol. The molecule has 3 heterocycles. The third-order valence-electron chi connectivity index (χ3n) is 5.39. The van der Waals surface area contributed by atoms with Crippen LogP contribution >= 0.6 is 0 Å². The van der Waals surface area contributed by atoms with Crippen LogP contribution in [-0.4, -0.2) is 52.6 Å². The highest BCUT2D eigenvalue weighted by atomic mass is 19.1. The highest BCUT2D eigenvalue weighted by Crippen LogP contribution is 2.29. The molecule has 2 N–H and O–H groups in total. The molecule has 30 heavy (non-hydrogen) atoms. The van der Waals surface area contributed by atoms with E-state index in [2.05, 4.69) is 9.88 Å². The first-order valence-electron chi connectivity index (χ1n) is 9.68. The van der Waals surface area contributed by atoms with Gasteiger partial charge in [0.2, 0.25) is 11.8 Å². The molecule has 156 valence electrons. The summed E-state index contributed by atoms with van der Waals surface area (Å²) in [5.41, 5.74) is 5.59. The number of nitrogens with two attached hydrogens (primary N) is 1. The van der Waals surface area contributed by atoms with Gasteiger partial charge >= 0.3 is 5.69 Å². The number of anilines is 1. The van der Waals surface area contributed by atoms with Crippen LogP contribution < -0.4 is 21.1 Å². The van der Waals surface area contributed by atoms with Crippen molar-refractivity contribution < 1.29 is 13.9 Å². The molecule has 2 aromatic rings. The number of hydrogen-bond donors (Lipinski definition) is 1. The van der Waals surface area contributed by atoms with Crippen LogP contribution in [0.1, 0.15) is 17.5 Å². The molecule has 1 fully saturated rings. The molecule has 1 unspecified atom stereocenters. The number of aromatic nitrogens is 2. The van der Waals surface area contributed by atoms with E-state index in [0.717, 1.165) is 0 Å². The lowest BCUT2D eigenvalue weighted by molar-refractivity contribution is -0.131. The number of nitriles is 1. The molecule has 2 aliphatic rings. The molecule has 10 heteroatoms. The number of halogens is 1. The molecule has 1 amide bonds. The molecule has 0 saturated carbocycles. The first-order chi connectivity index (χ1) is 14.5. The fourth-order valence-electron chi connectivity index (χ4n) is 3.89. The van der Waals surface area contributed by atoms with E-state index in [-0.39, 0.29) is 30.0 Å². The van der Waals surface area contributed by atoms with Gasteiger partial charge in [0, 0.05) is 38.7 Å². The summed E-state index contributed by atoms with van der Waals surface area (Å²) in [5.74, 6) is 0.304. The van der Waals surface area contributed by atoms with Gasteiger partial charge in [0.05, 0.1) is 18.2 Å². The molecule has 9 nitrogen and oxygen atoms in total. The predicted molar refractivity (Wildman–Crippen MR) is 105 cm³/mol. The van der Waals surface area contributed by atoms with E-state index in [4.69, 9.17) is 15.7 Å². The number of rotatable bonds is 5. The standard InChI is InChI=1S/C20H21FN6O3/c21-16-2-1-13(7-14(16)9-23)12-30-17-8-18-26-6-5-25(19(28)3-4-22)10-15(26)11-27(18)20(29)24-17/h1-2,7-8,15H,3-6,10-12,22H2. The lowest BCUT2D eigenvalue weighted by Gasteiger charge is -2.38. The molecular weight excluding hydrogens is 391 g/mol. The van der Waals surface area contributed by atoms with Gasteiger partial charge in [0.15, 0.2) is 0 Å². The van der Waals surface area contributed by atoms with E-state index in [1.807, 2.05) is 0 Å². The number of ether oxygens (including phenoxy) is 1. The van der Waals surface area contributed by atoms with Gasteiger partial charge in [-0.1, -0.05) is 6.07 Å². The van der Waals surface area contributed by atoms with Crippen LogP contribution in [0.5, 0.6) is 5.88 Å². The van der Waals surface area contributed by atoms with Crippen molar-refractivity contribution >= 4 is 11.7 Å². The minimum Gasteiger partial charge on any atom is -0.473 e. The average Bonchev–Trinajstić information content (AvgIpc) is 3.12. The minimum atomic E-state index is -0.592. The second kappa shape index (κ2) is 8.12. The van der Waals surface area contributed by atoms with Gasteiger partial charge in [-0.05, 0) is 17.7 Å². The van der Waals surface area contributed by atoms with Gasteiger partial charge in [-0.25, -0.2) is 9.18 Å². The molecule has 1 atom stereocenters. The van der Waals surface area contributed by atoms with Crippen LogP contribution in [0, 0.1) is 17.1 Å². The number of carbonyl (C=O) groups excluding carboxylic acids is 1. The summed E-state index contributed by atoms with van der Waals surface area (Å²) in [4.78, 5) is 32.5. The van der Waals surface area contributed by atoms with Crippen molar-refractivity contribution in [3.63, 3.8) is 0 Å². The van der Waals surface area contributed by atoms with Crippen LogP contribution in [-0.2, 0) is 17.9 Å². The lowest BCUT2D eigenvalue weighted by Crippen LogP contribution is -2.53. The van der Waals surface area contributed by atoms with E-state index in [1.54, 1.807) is 21.6 Å². The normalized spacial score (nSPS) is 17.3. The second-order valence-electron chi connectivity index (χ2n) is 7.29. The highest BCUT2D eigenvalue weighted by Gasteiger charge is 2.36. The van der Waals surface area contributed by atoms with Crippen molar-refractivity contribution in [2.24, 2.45) is 5.73 Å². The molecule has 0 bridgehead atoms. The van der Waals surface area contributed by atoms with Crippen molar-refractivity contribution in [3.05, 3.63) is 51.7 Å². The Morgan fingerprint density at radius 2 is 2.17 bits per heavy atom. The summed E-state index contributed by atoms with van der Waals surface area (Å²) >= 11 is 0. The third kappa shape index (κ3) is 3.71. The van der Waals surface area contributed by atoms with Crippen molar-refractivity contribution in [1.82, 2.24) is 14.5 Å². The highest BCUT2D eigenvalue weighted by molar-refractivity contribution is 5.76. The largest absolute Gasteiger partial charge is 0.473 e. The lowest BCUT2D eigenvalue weighted by atomic mass is 10.1. The van der Waals surface area contributed by atoms with Crippen molar-refractivity contribution in [2.75, 3.05) is 31.1 Å². The van der Waals surface area contributed by atoms with Gasteiger partial charge in [-0.3, -0.25) is 9.36 Å². The summed E-state index contributed by atoms with van der Waals surface area (Å²) in [6.45, 7) is 2.52. The Hall–Kier alpha value is -3.45. The summed E-state index contributed by atoms with van der Waals surface area (Å²) in [6.07, 6.45) is 0.316. The maximum absolute atomic E-state index is 13.5. The molecule has 2 aliphatic heterocycles. The number of piperazine rings is 1. The molecule has 1 aromatic heterocycles. The Morgan fingerprint density at radius 1 is 1.33 bits per heavy atom. The number of fused-ring (bicyclic) bond motifs is 3. The molecule has 1 saturated heterocycles. The zero-order valence-corrected chi connectivity index (χ0v) is 16.3. The van der Waals surface area contributed by atoms with Crippen LogP contribution in [0.4, 0.5) is 10.2 Å². The fourth-order valence-corrected chi connectivity index (χ4v) is 3.89. The molecule has 0 aliphatic carbocycles. The molecule has 0 spiro atoms. The van der Waals surface area contributed by atoms with E-state index in [0.29, 0.717) is 50.5 Å². The first kappa shape index (κ1) is 19.8. The summed E-state index contributed by atoms with van der Waals surface area (Å²) in [7, 11) is 0. The Bertz CT molecular complexity index is 1080. The number of benzene rings is 1. The van der Waals surface area contributed by atoms with Gasteiger partial charge in [-0.2, -0.15) is 10.2 Å². The minimum absolute atomic E-state index is 0.000472. The van der Waals surface area contributed by atoms with Gasteiger partial charge < -0.3 is 20.3 Å². The topological polar surface area (TPSA) is 117 Å². The molecular formula is C20H21FN6O3. The number of hydrogen-bond acceptors (Lipinski definition) is 7. The number of nitrogens with zero attached hydrogens (tertiary/aromatic N) is 5.